The molecular weight excluding hydrogens is 348 g/mol. The van der Waals surface area contributed by atoms with Gasteiger partial charge < -0.3 is 10.2 Å². The van der Waals surface area contributed by atoms with Crippen LogP contribution in [0.5, 0.6) is 0 Å². The van der Waals surface area contributed by atoms with Crippen LogP contribution in [0.4, 0.5) is 4.79 Å². The van der Waals surface area contributed by atoms with Crippen molar-refractivity contribution in [3.8, 4) is 0 Å². The molecule has 0 spiro atoms. The van der Waals surface area contributed by atoms with Crippen molar-refractivity contribution in [3.63, 3.8) is 0 Å². The van der Waals surface area contributed by atoms with Crippen molar-refractivity contribution < 1.29 is 4.79 Å². The number of aromatic nitrogens is 1. The van der Waals surface area contributed by atoms with Gasteiger partial charge in [-0.05, 0) is 62.0 Å². The van der Waals surface area contributed by atoms with E-state index in [1.807, 2.05) is 32.3 Å². The average molecular weight is 381 g/mol. The summed E-state index contributed by atoms with van der Waals surface area (Å²) in [6.45, 7) is 8.00. The number of carbonyl (C=O) groups excluding carboxylic acids is 1. The topological polar surface area (TPSA) is 48.5 Å². The molecule has 1 fully saturated rings. The number of hydrogen-bond donors (Lipinski definition) is 1. The molecule has 5 heteroatoms. The molecule has 0 radical (unpaired) electrons. The van der Waals surface area contributed by atoms with Crippen molar-refractivity contribution in [1.82, 2.24) is 20.1 Å². The molecule has 0 bridgehead atoms. The Morgan fingerprint density at radius 2 is 1.89 bits per heavy atom. The Hall–Kier alpha value is -2.40. The van der Waals surface area contributed by atoms with Gasteiger partial charge in [0.25, 0.3) is 0 Å². The third-order valence-corrected chi connectivity index (χ3v) is 5.46. The summed E-state index contributed by atoms with van der Waals surface area (Å²) in [6.07, 6.45) is 5.23. The summed E-state index contributed by atoms with van der Waals surface area (Å²) in [6, 6.07) is 12.4. The summed E-state index contributed by atoms with van der Waals surface area (Å²) < 4.78 is 0. The Bertz CT molecular complexity index is 768. The maximum atomic E-state index is 12.8. The fourth-order valence-electron chi connectivity index (χ4n) is 3.70. The van der Waals surface area contributed by atoms with Crippen LogP contribution in [-0.4, -0.2) is 41.0 Å². The first-order chi connectivity index (χ1) is 13.6. The van der Waals surface area contributed by atoms with Crippen LogP contribution in [0.1, 0.15) is 54.6 Å². The number of pyridine rings is 1. The molecule has 0 aliphatic carbocycles. The highest BCUT2D eigenvalue weighted by Crippen LogP contribution is 2.18. The number of nitrogens with one attached hydrogen (secondary N) is 1. The first-order valence-electron chi connectivity index (χ1n) is 10.3. The molecule has 0 unspecified atom stereocenters. The van der Waals surface area contributed by atoms with Gasteiger partial charge >= 0.3 is 6.03 Å². The number of likely N-dealkylation sites (tertiary alicyclic amines) is 1. The van der Waals surface area contributed by atoms with E-state index in [4.69, 9.17) is 0 Å². The summed E-state index contributed by atoms with van der Waals surface area (Å²) in [5.74, 6) is 0. The van der Waals surface area contributed by atoms with Crippen LogP contribution in [0.25, 0.3) is 0 Å². The van der Waals surface area contributed by atoms with Crippen molar-refractivity contribution in [2.45, 2.75) is 52.2 Å². The molecule has 1 aliphatic rings. The van der Waals surface area contributed by atoms with Gasteiger partial charge in [0, 0.05) is 26.3 Å². The molecule has 2 heterocycles. The van der Waals surface area contributed by atoms with E-state index >= 15 is 0 Å². The largest absolute Gasteiger partial charge is 0.330 e. The van der Waals surface area contributed by atoms with E-state index in [0.717, 1.165) is 24.2 Å². The number of nitrogens with zero attached hydrogens (tertiary/aromatic N) is 3. The van der Waals surface area contributed by atoms with Gasteiger partial charge in [0.15, 0.2) is 0 Å². The second-order valence-electron chi connectivity index (χ2n) is 7.78. The fraction of sp³-hybridized carbons (Fsp3) is 0.478. The number of urea groups is 1. The van der Waals surface area contributed by atoms with Crippen molar-refractivity contribution in [1.29, 1.82) is 0 Å². The van der Waals surface area contributed by atoms with E-state index in [-0.39, 0.29) is 12.1 Å². The van der Waals surface area contributed by atoms with Crippen LogP contribution >= 0.6 is 0 Å². The molecule has 1 saturated heterocycles. The lowest BCUT2D eigenvalue weighted by Gasteiger charge is -2.24. The van der Waals surface area contributed by atoms with Gasteiger partial charge in [-0.3, -0.25) is 9.88 Å². The third-order valence-electron chi connectivity index (χ3n) is 5.46. The van der Waals surface area contributed by atoms with Crippen LogP contribution in [-0.2, 0) is 13.1 Å². The Labute approximate surface area is 168 Å². The molecule has 1 N–H and O–H groups in total. The van der Waals surface area contributed by atoms with Crippen LogP contribution in [0.15, 0.2) is 42.6 Å². The zero-order valence-corrected chi connectivity index (χ0v) is 17.3. The number of amides is 2. The molecule has 0 saturated carbocycles. The van der Waals surface area contributed by atoms with Crippen molar-refractivity contribution in [2.75, 3.05) is 20.1 Å². The summed E-state index contributed by atoms with van der Waals surface area (Å²) in [7, 11) is 1.86. The highest BCUT2D eigenvalue weighted by Gasteiger charge is 2.19. The molecular formula is C23H32N4O. The second kappa shape index (κ2) is 9.69. The summed E-state index contributed by atoms with van der Waals surface area (Å²) in [5, 5.41) is 3.13. The first kappa shape index (κ1) is 20.3. The third kappa shape index (κ3) is 5.32. The van der Waals surface area contributed by atoms with E-state index in [1.54, 1.807) is 4.90 Å². The second-order valence-corrected chi connectivity index (χ2v) is 7.78. The van der Waals surface area contributed by atoms with Gasteiger partial charge in [0.05, 0.1) is 11.7 Å². The minimum atomic E-state index is -0.0737. The van der Waals surface area contributed by atoms with Gasteiger partial charge in [0.1, 0.15) is 0 Å². The van der Waals surface area contributed by atoms with Crippen molar-refractivity contribution in [2.24, 2.45) is 0 Å². The van der Waals surface area contributed by atoms with Gasteiger partial charge in [0.2, 0.25) is 0 Å². The minimum absolute atomic E-state index is 0.0646. The van der Waals surface area contributed by atoms with Crippen LogP contribution in [0, 0.1) is 6.92 Å². The monoisotopic (exact) mass is 380 g/mol. The van der Waals surface area contributed by atoms with Crippen molar-refractivity contribution in [3.05, 3.63) is 65.0 Å². The van der Waals surface area contributed by atoms with E-state index < -0.39 is 0 Å². The molecule has 2 aromatic rings. The number of carbonyl (C=O) groups is 1. The molecule has 1 atom stereocenters. The standard InChI is InChI=1S/C23H32N4O/c1-4-21(22-12-11-18(2)15-24-22)25-23(28)26(3)16-19-9-5-6-10-20(19)17-27-13-7-8-14-27/h5-6,9-12,15,21H,4,7-8,13-14,16-17H2,1-3H3,(H,25,28)/t21-/m1/s1. The predicted molar refractivity (Wildman–Crippen MR) is 113 cm³/mol. The van der Waals surface area contributed by atoms with Crippen molar-refractivity contribution >= 4 is 6.03 Å². The maximum Gasteiger partial charge on any atom is 0.317 e. The highest BCUT2D eigenvalue weighted by molar-refractivity contribution is 5.74. The molecule has 2 amide bonds. The molecule has 3 rings (SSSR count). The normalized spacial score (nSPS) is 15.4. The zero-order chi connectivity index (χ0) is 19.9. The molecule has 5 nitrogen and oxygen atoms in total. The lowest BCUT2D eigenvalue weighted by atomic mass is 10.1. The van der Waals surface area contributed by atoms with E-state index in [1.165, 1.54) is 37.1 Å². The fourth-order valence-corrected chi connectivity index (χ4v) is 3.70. The van der Waals surface area contributed by atoms with E-state index in [9.17, 15) is 4.79 Å². The van der Waals surface area contributed by atoms with E-state index in [2.05, 4.69) is 46.4 Å². The Morgan fingerprint density at radius 1 is 1.18 bits per heavy atom. The van der Waals surface area contributed by atoms with Gasteiger partial charge in [-0.2, -0.15) is 0 Å². The Balaban J connectivity index is 1.62. The highest BCUT2D eigenvalue weighted by atomic mass is 16.2. The number of hydrogen-bond acceptors (Lipinski definition) is 3. The van der Waals surface area contributed by atoms with Crippen LogP contribution in [0.2, 0.25) is 0 Å². The molecule has 1 aliphatic heterocycles. The summed E-state index contributed by atoms with van der Waals surface area (Å²) >= 11 is 0. The zero-order valence-electron chi connectivity index (χ0n) is 17.3. The first-order valence-corrected chi connectivity index (χ1v) is 10.3. The van der Waals surface area contributed by atoms with Gasteiger partial charge in [-0.25, -0.2) is 4.79 Å². The van der Waals surface area contributed by atoms with Gasteiger partial charge in [-0.1, -0.05) is 37.3 Å². The molecule has 1 aromatic carbocycles. The number of aryl methyl sites for hydroxylation is 1. The van der Waals surface area contributed by atoms with Gasteiger partial charge in [-0.15, -0.1) is 0 Å². The Morgan fingerprint density at radius 3 is 2.54 bits per heavy atom. The van der Waals surface area contributed by atoms with Crippen LogP contribution < -0.4 is 5.32 Å². The summed E-state index contributed by atoms with van der Waals surface area (Å²) in [5.41, 5.74) is 4.56. The lowest BCUT2D eigenvalue weighted by Crippen LogP contribution is -2.39. The Kier molecular flexibility index (Phi) is 7.04. The average Bonchev–Trinajstić information content (AvgIpc) is 3.21. The molecule has 1 aromatic heterocycles. The number of benzene rings is 1. The molecule has 150 valence electrons. The maximum absolute atomic E-state index is 12.8. The molecule has 28 heavy (non-hydrogen) atoms. The quantitative estimate of drug-likeness (QED) is 0.780. The van der Waals surface area contributed by atoms with E-state index in [0.29, 0.717) is 6.54 Å². The minimum Gasteiger partial charge on any atom is -0.330 e. The van der Waals surface area contributed by atoms with Crippen LogP contribution in [0.3, 0.4) is 0 Å². The SMILES string of the molecule is CC[C@@H](NC(=O)N(C)Cc1ccccc1CN1CCCC1)c1ccc(C)cn1. The lowest BCUT2D eigenvalue weighted by molar-refractivity contribution is 0.201. The smallest absolute Gasteiger partial charge is 0.317 e. The summed E-state index contributed by atoms with van der Waals surface area (Å²) in [4.78, 5) is 21.5. The number of rotatable bonds is 7. The predicted octanol–water partition coefficient (Wildman–Crippen LogP) is 4.28.